The summed E-state index contributed by atoms with van der Waals surface area (Å²) < 4.78 is 5.27. The van der Waals surface area contributed by atoms with E-state index in [9.17, 15) is 4.79 Å². The molecule has 0 atom stereocenters. The summed E-state index contributed by atoms with van der Waals surface area (Å²) in [5.74, 6) is 0.901. The fourth-order valence-electron chi connectivity index (χ4n) is 1.79. The quantitative estimate of drug-likeness (QED) is 0.606. The van der Waals surface area contributed by atoms with Gasteiger partial charge in [-0.05, 0) is 32.1 Å². The predicted molar refractivity (Wildman–Crippen MR) is 60.7 cm³/mol. The van der Waals surface area contributed by atoms with Crippen molar-refractivity contribution >= 4 is 5.91 Å². The molecule has 0 aromatic carbocycles. The average molecular weight is 213 g/mol. The van der Waals surface area contributed by atoms with Gasteiger partial charge in [-0.1, -0.05) is 13.3 Å². The number of carbonyl (C=O) groups excluding carboxylic acids is 1. The Morgan fingerprint density at radius 2 is 2.13 bits per heavy atom. The molecule has 1 aliphatic rings. The van der Waals surface area contributed by atoms with Crippen molar-refractivity contribution in [3.8, 4) is 0 Å². The first-order valence-electron chi connectivity index (χ1n) is 6.13. The topological polar surface area (TPSA) is 29.5 Å². The number of carbonyl (C=O) groups is 1. The molecule has 0 radical (unpaired) electrons. The van der Waals surface area contributed by atoms with Crippen LogP contribution in [0, 0.1) is 5.92 Å². The highest BCUT2D eigenvalue weighted by Gasteiger charge is 2.22. The van der Waals surface area contributed by atoms with Gasteiger partial charge in [-0.25, -0.2) is 0 Å². The fourth-order valence-corrected chi connectivity index (χ4v) is 1.79. The van der Waals surface area contributed by atoms with Crippen LogP contribution in [0.5, 0.6) is 0 Å². The van der Waals surface area contributed by atoms with E-state index < -0.39 is 0 Å². The molecular weight excluding hydrogens is 190 g/mol. The minimum absolute atomic E-state index is 0.151. The van der Waals surface area contributed by atoms with Crippen LogP contribution in [0.1, 0.15) is 39.5 Å². The van der Waals surface area contributed by atoms with Crippen LogP contribution in [0.2, 0.25) is 0 Å². The third kappa shape index (κ3) is 4.20. The van der Waals surface area contributed by atoms with Crippen molar-refractivity contribution in [3.05, 3.63) is 0 Å². The lowest BCUT2D eigenvalue weighted by atomic mass is 9.85. The van der Waals surface area contributed by atoms with E-state index >= 15 is 0 Å². The van der Waals surface area contributed by atoms with E-state index in [0.717, 1.165) is 25.4 Å². The standard InChI is InChI=1S/C12H23NO2/c1-3-8-15-10-12(14)13(4-2)9-11-6-5-7-11/h11H,3-10H2,1-2H3. The Kier molecular flexibility index (Phi) is 5.69. The molecule has 1 aliphatic carbocycles. The van der Waals surface area contributed by atoms with E-state index in [-0.39, 0.29) is 12.5 Å². The predicted octanol–water partition coefficient (Wildman–Crippen LogP) is 2.06. The van der Waals surface area contributed by atoms with Gasteiger partial charge in [0.05, 0.1) is 0 Å². The molecule has 1 saturated carbocycles. The van der Waals surface area contributed by atoms with Gasteiger partial charge < -0.3 is 9.64 Å². The molecule has 0 N–H and O–H groups in total. The van der Waals surface area contributed by atoms with Crippen molar-refractivity contribution in [2.24, 2.45) is 5.92 Å². The Bertz CT molecular complexity index is 190. The Hall–Kier alpha value is -0.570. The summed E-state index contributed by atoms with van der Waals surface area (Å²) in [6.45, 7) is 6.78. The molecule has 0 unspecified atom stereocenters. The van der Waals surface area contributed by atoms with Crippen molar-refractivity contribution in [3.63, 3.8) is 0 Å². The van der Waals surface area contributed by atoms with E-state index in [0.29, 0.717) is 6.61 Å². The maximum absolute atomic E-state index is 11.7. The second kappa shape index (κ2) is 6.83. The summed E-state index contributed by atoms with van der Waals surface area (Å²) >= 11 is 0. The molecule has 0 aromatic rings. The third-order valence-corrected chi connectivity index (χ3v) is 3.01. The van der Waals surface area contributed by atoms with Gasteiger partial charge >= 0.3 is 0 Å². The van der Waals surface area contributed by atoms with Crippen molar-refractivity contribution in [2.75, 3.05) is 26.3 Å². The van der Waals surface area contributed by atoms with Crippen LogP contribution in [0.3, 0.4) is 0 Å². The van der Waals surface area contributed by atoms with E-state index in [4.69, 9.17) is 4.74 Å². The molecule has 0 saturated heterocycles. The number of hydrogen-bond acceptors (Lipinski definition) is 2. The van der Waals surface area contributed by atoms with E-state index in [1.165, 1.54) is 19.3 Å². The highest BCUT2D eigenvalue weighted by atomic mass is 16.5. The van der Waals surface area contributed by atoms with Gasteiger partial charge in [-0.3, -0.25) is 4.79 Å². The zero-order valence-electron chi connectivity index (χ0n) is 10.00. The minimum atomic E-state index is 0.151. The maximum Gasteiger partial charge on any atom is 0.248 e. The summed E-state index contributed by atoms with van der Waals surface area (Å²) in [7, 11) is 0. The molecular formula is C12H23NO2. The van der Waals surface area contributed by atoms with Crippen molar-refractivity contribution in [2.45, 2.75) is 39.5 Å². The van der Waals surface area contributed by atoms with Gasteiger partial charge in [0, 0.05) is 19.7 Å². The van der Waals surface area contributed by atoms with Crippen molar-refractivity contribution < 1.29 is 9.53 Å². The molecule has 3 heteroatoms. The number of nitrogens with zero attached hydrogens (tertiary/aromatic N) is 1. The summed E-state index contributed by atoms with van der Waals surface area (Å²) in [4.78, 5) is 13.7. The summed E-state index contributed by atoms with van der Waals surface area (Å²) in [6, 6.07) is 0. The van der Waals surface area contributed by atoms with E-state index in [1.54, 1.807) is 0 Å². The summed E-state index contributed by atoms with van der Waals surface area (Å²) in [5.41, 5.74) is 0. The van der Waals surface area contributed by atoms with Crippen LogP contribution in [0.25, 0.3) is 0 Å². The molecule has 0 bridgehead atoms. The normalized spacial score (nSPS) is 16.1. The molecule has 1 fully saturated rings. The van der Waals surface area contributed by atoms with Crippen molar-refractivity contribution in [1.82, 2.24) is 4.90 Å². The molecule has 0 heterocycles. The second-order valence-electron chi connectivity index (χ2n) is 4.28. The van der Waals surface area contributed by atoms with Gasteiger partial charge in [0.25, 0.3) is 0 Å². The monoisotopic (exact) mass is 213 g/mol. The zero-order valence-corrected chi connectivity index (χ0v) is 10.00. The summed E-state index contributed by atoms with van der Waals surface area (Å²) in [5, 5.41) is 0. The smallest absolute Gasteiger partial charge is 0.248 e. The lowest BCUT2D eigenvalue weighted by molar-refractivity contribution is -0.137. The molecule has 3 nitrogen and oxygen atoms in total. The number of rotatable bonds is 7. The minimum Gasteiger partial charge on any atom is -0.372 e. The third-order valence-electron chi connectivity index (χ3n) is 3.01. The largest absolute Gasteiger partial charge is 0.372 e. The first kappa shape index (κ1) is 12.5. The van der Waals surface area contributed by atoms with Crippen LogP contribution >= 0.6 is 0 Å². The van der Waals surface area contributed by atoms with Gasteiger partial charge in [0.1, 0.15) is 6.61 Å². The maximum atomic E-state index is 11.7. The average Bonchev–Trinajstić information content (AvgIpc) is 2.16. The number of hydrogen-bond donors (Lipinski definition) is 0. The molecule has 1 amide bonds. The Morgan fingerprint density at radius 3 is 2.60 bits per heavy atom. The van der Waals surface area contributed by atoms with E-state index in [1.807, 2.05) is 11.8 Å². The molecule has 0 spiro atoms. The highest BCUT2D eigenvalue weighted by Crippen LogP contribution is 2.26. The lowest BCUT2D eigenvalue weighted by Gasteiger charge is -2.31. The summed E-state index contributed by atoms with van der Waals surface area (Å²) in [6.07, 6.45) is 4.89. The Morgan fingerprint density at radius 1 is 1.40 bits per heavy atom. The van der Waals surface area contributed by atoms with Gasteiger partial charge in [-0.2, -0.15) is 0 Å². The van der Waals surface area contributed by atoms with Crippen molar-refractivity contribution in [1.29, 1.82) is 0 Å². The van der Waals surface area contributed by atoms with Gasteiger partial charge in [0.2, 0.25) is 5.91 Å². The first-order valence-corrected chi connectivity index (χ1v) is 6.13. The number of amides is 1. The number of ether oxygens (including phenoxy) is 1. The van der Waals surface area contributed by atoms with Crippen LogP contribution in [-0.4, -0.2) is 37.1 Å². The molecule has 0 aliphatic heterocycles. The van der Waals surface area contributed by atoms with Gasteiger partial charge in [-0.15, -0.1) is 0 Å². The van der Waals surface area contributed by atoms with Crippen LogP contribution in [0.4, 0.5) is 0 Å². The lowest BCUT2D eigenvalue weighted by Crippen LogP contribution is -2.39. The number of likely N-dealkylation sites (N-methyl/N-ethyl adjacent to an activating group) is 1. The van der Waals surface area contributed by atoms with E-state index in [2.05, 4.69) is 6.92 Å². The van der Waals surface area contributed by atoms with Gasteiger partial charge in [0.15, 0.2) is 0 Å². The van der Waals surface area contributed by atoms with Crippen LogP contribution in [-0.2, 0) is 9.53 Å². The Labute approximate surface area is 92.8 Å². The SMILES string of the molecule is CCCOCC(=O)N(CC)CC1CCC1. The molecule has 0 aromatic heterocycles. The molecule has 1 rings (SSSR count). The Balaban J connectivity index is 2.19. The second-order valence-corrected chi connectivity index (χ2v) is 4.28. The molecule has 15 heavy (non-hydrogen) atoms. The first-order chi connectivity index (χ1) is 7.27. The van der Waals surface area contributed by atoms with Crippen LogP contribution in [0.15, 0.2) is 0 Å². The highest BCUT2D eigenvalue weighted by molar-refractivity contribution is 5.77. The molecule has 88 valence electrons. The zero-order chi connectivity index (χ0) is 11.1. The fraction of sp³-hybridized carbons (Fsp3) is 0.917. The van der Waals surface area contributed by atoms with Crippen LogP contribution < -0.4 is 0 Å².